The van der Waals surface area contributed by atoms with Crippen molar-refractivity contribution < 1.29 is 0 Å². The minimum Gasteiger partial charge on any atom is -0.330 e. The van der Waals surface area contributed by atoms with Crippen LogP contribution in [0.2, 0.25) is 6.32 Å². The second kappa shape index (κ2) is 26.7. The van der Waals surface area contributed by atoms with Crippen molar-refractivity contribution in [2.45, 2.75) is 208 Å². The van der Waals surface area contributed by atoms with Crippen molar-refractivity contribution in [3.8, 4) is 0 Å². The summed E-state index contributed by atoms with van der Waals surface area (Å²) in [6.07, 6.45) is 34.5. The van der Waals surface area contributed by atoms with Crippen LogP contribution in [0.3, 0.4) is 0 Å². The SMILES string of the molecule is BCCCCCCCCCC(CCC(CC(CCCN)C(C)CCC(=C)CCC)C1CCCCC1)NCC(CCC)C(C)(C)C. The second-order valence-electron chi connectivity index (χ2n) is 16.9. The van der Waals surface area contributed by atoms with Gasteiger partial charge in [-0.05, 0) is 112 Å². The van der Waals surface area contributed by atoms with Crippen molar-refractivity contribution in [3.05, 3.63) is 12.2 Å². The zero-order valence-electron chi connectivity index (χ0n) is 32.3. The Morgan fingerprint density at radius 2 is 1.47 bits per heavy atom. The summed E-state index contributed by atoms with van der Waals surface area (Å²) in [5.41, 5.74) is 7.95. The van der Waals surface area contributed by atoms with Crippen molar-refractivity contribution in [3.63, 3.8) is 0 Å². The lowest BCUT2D eigenvalue weighted by molar-refractivity contribution is 0.156. The highest BCUT2D eigenvalue weighted by Crippen LogP contribution is 2.40. The largest absolute Gasteiger partial charge is 0.330 e. The van der Waals surface area contributed by atoms with Crippen LogP contribution in [0.5, 0.6) is 0 Å². The summed E-state index contributed by atoms with van der Waals surface area (Å²) in [6, 6.07) is 0.690. The summed E-state index contributed by atoms with van der Waals surface area (Å²) in [7, 11) is 2.32. The zero-order valence-corrected chi connectivity index (χ0v) is 32.3. The predicted molar refractivity (Wildman–Crippen MR) is 208 cm³/mol. The number of allylic oxidation sites excluding steroid dienone is 1. The first kappa shape index (κ1) is 42.7. The molecule has 5 atom stereocenters. The van der Waals surface area contributed by atoms with E-state index in [1.807, 2.05) is 0 Å². The van der Waals surface area contributed by atoms with E-state index in [0.717, 1.165) is 36.1 Å². The van der Waals surface area contributed by atoms with Gasteiger partial charge in [-0.15, -0.1) is 0 Å². The molecule has 2 nitrogen and oxygen atoms in total. The Bertz CT molecular complexity index is 679. The highest BCUT2D eigenvalue weighted by molar-refractivity contribution is 6.08. The first-order chi connectivity index (χ1) is 21.7. The van der Waals surface area contributed by atoms with Crippen LogP contribution in [-0.2, 0) is 0 Å². The van der Waals surface area contributed by atoms with Crippen LogP contribution in [0.25, 0.3) is 0 Å². The summed E-state index contributed by atoms with van der Waals surface area (Å²) < 4.78 is 0. The molecule has 0 heterocycles. The monoisotopic (exact) mass is 629 g/mol. The molecule has 266 valence electrons. The first-order valence-electron chi connectivity index (χ1n) is 20.8. The summed E-state index contributed by atoms with van der Waals surface area (Å²) >= 11 is 0. The Labute approximate surface area is 286 Å². The second-order valence-corrected chi connectivity index (χ2v) is 16.9. The van der Waals surface area contributed by atoms with Crippen molar-refractivity contribution in [2.24, 2.45) is 40.7 Å². The molecule has 0 saturated heterocycles. The summed E-state index contributed by atoms with van der Waals surface area (Å²) in [4.78, 5) is 0. The zero-order chi connectivity index (χ0) is 33.3. The van der Waals surface area contributed by atoms with Gasteiger partial charge in [0, 0.05) is 6.04 Å². The van der Waals surface area contributed by atoms with Crippen molar-refractivity contribution in [1.82, 2.24) is 5.32 Å². The fourth-order valence-electron chi connectivity index (χ4n) is 8.49. The van der Waals surface area contributed by atoms with E-state index in [-0.39, 0.29) is 0 Å². The van der Waals surface area contributed by atoms with Gasteiger partial charge in [-0.1, -0.05) is 150 Å². The van der Waals surface area contributed by atoms with E-state index in [1.165, 1.54) is 173 Å². The van der Waals surface area contributed by atoms with Gasteiger partial charge >= 0.3 is 0 Å². The molecule has 0 bridgehead atoms. The average Bonchev–Trinajstić information content (AvgIpc) is 3.02. The number of nitrogens with two attached hydrogens (primary N) is 1. The minimum atomic E-state index is 0.380. The lowest BCUT2D eigenvalue weighted by atomic mass is 9.70. The number of hydrogen-bond donors (Lipinski definition) is 2. The normalized spacial score (nSPS) is 18.0. The van der Waals surface area contributed by atoms with Crippen LogP contribution in [-0.4, -0.2) is 27.0 Å². The molecule has 0 aromatic carbocycles. The van der Waals surface area contributed by atoms with E-state index in [1.54, 1.807) is 0 Å². The van der Waals surface area contributed by atoms with Gasteiger partial charge in [0.05, 0.1) is 0 Å². The number of hydrogen-bond acceptors (Lipinski definition) is 2. The molecule has 3 heteroatoms. The van der Waals surface area contributed by atoms with Gasteiger partial charge in [0.2, 0.25) is 0 Å². The van der Waals surface area contributed by atoms with Gasteiger partial charge in [0.25, 0.3) is 0 Å². The molecule has 5 unspecified atom stereocenters. The predicted octanol–water partition coefficient (Wildman–Crippen LogP) is 12.1. The van der Waals surface area contributed by atoms with Crippen LogP contribution in [0.4, 0.5) is 0 Å². The standard InChI is InChI=1S/C42H85BN2/c1-8-21-35(3)27-28-36(4)38(25-20-32-44)33-39(37-23-16-15-17-24-37)29-30-41(26-18-13-11-10-12-14-19-31-43)45-34-40(22-9-2)42(5,6)7/h36-41,45H,3,8-34,43-44H2,1-2,4-7H3. The molecule has 0 amide bonds. The number of rotatable bonds is 29. The van der Waals surface area contributed by atoms with E-state index in [9.17, 15) is 0 Å². The molecule has 0 aromatic heterocycles. The van der Waals surface area contributed by atoms with Crippen molar-refractivity contribution >= 4 is 7.85 Å². The van der Waals surface area contributed by atoms with Gasteiger partial charge in [0.15, 0.2) is 0 Å². The summed E-state index contributed by atoms with van der Waals surface area (Å²) in [5.74, 6) is 4.22. The molecule has 1 aliphatic rings. The highest BCUT2D eigenvalue weighted by atomic mass is 14.9. The molecular formula is C42H85BN2. The van der Waals surface area contributed by atoms with Crippen LogP contribution in [0.15, 0.2) is 12.2 Å². The smallest absolute Gasteiger partial charge is 0.101 e. The molecule has 0 spiro atoms. The quantitative estimate of drug-likeness (QED) is 0.0491. The van der Waals surface area contributed by atoms with Gasteiger partial charge < -0.3 is 11.1 Å². The van der Waals surface area contributed by atoms with E-state index < -0.39 is 0 Å². The molecule has 0 aromatic rings. The molecule has 1 fully saturated rings. The van der Waals surface area contributed by atoms with Crippen LogP contribution < -0.4 is 11.1 Å². The molecule has 45 heavy (non-hydrogen) atoms. The summed E-state index contributed by atoms with van der Waals surface area (Å²) in [6.45, 7) is 21.0. The fraction of sp³-hybridized carbons (Fsp3) is 0.952. The van der Waals surface area contributed by atoms with Crippen molar-refractivity contribution in [2.75, 3.05) is 13.1 Å². The van der Waals surface area contributed by atoms with E-state index in [4.69, 9.17) is 5.73 Å². The van der Waals surface area contributed by atoms with Gasteiger partial charge in [-0.3, -0.25) is 0 Å². The topological polar surface area (TPSA) is 38.0 Å². The van der Waals surface area contributed by atoms with E-state index in [0.29, 0.717) is 11.5 Å². The third-order valence-electron chi connectivity index (χ3n) is 11.9. The molecular weight excluding hydrogens is 543 g/mol. The maximum absolute atomic E-state index is 6.10. The van der Waals surface area contributed by atoms with Gasteiger partial charge in [0.1, 0.15) is 7.85 Å². The Kier molecular flexibility index (Phi) is 25.3. The Morgan fingerprint density at radius 3 is 2.07 bits per heavy atom. The number of nitrogens with one attached hydrogen (secondary N) is 1. The van der Waals surface area contributed by atoms with Crippen LogP contribution in [0, 0.1) is 35.0 Å². The molecule has 1 saturated carbocycles. The average molecular weight is 629 g/mol. The number of unbranched alkanes of at least 4 members (excludes halogenated alkanes) is 6. The summed E-state index contributed by atoms with van der Waals surface area (Å²) in [5, 5.41) is 4.22. The molecule has 3 N–H and O–H groups in total. The maximum Gasteiger partial charge on any atom is 0.101 e. The lowest BCUT2D eigenvalue weighted by Gasteiger charge is -2.36. The molecule has 1 aliphatic carbocycles. The minimum absolute atomic E-state index is 0.380. The first-order valence-corrected chi connectivity index (χ1v) is 20.8. The molecule has 1 rings (SSSR count). The van der Waals surface area contributed by atoms with E-state index in [2.05, 4.69) is 61.3 Å². The molecule has 0 radical (unpaired) electrons. The lowest BCUT2D eigenvalue weighted by Crippen LogP contribution is -2.38. The van der Waals surface area contributed by atoms with Gasteiger partial charge in [-0.2, -0.15) is 0 Å². The Balaban J connectivity index is 2.95. The fourth-order valence-corrected chi connectivity index (χ4v) is 8.49. The Morgan fingerprint density at radius 1 is 0.800 bits per heavy atom. The van der Waals surface area contributed by atoms with E-state index >= 15 is 0 Å². The highest BCUT2D eigenvalue weighted by Gasteiger charge is 2.30. The maximum atomic E-state index is 6.10. The molecule has 0 aliphatic heterocycles. The van der Waals surface area contributed by atoms with Crippen LogP contribution >= 0.6 is 0 Å². The van der Waals surface area contributed by atoms with Crippen LogP contribution in [0.1, 0.15) is 196 Å². The van der Waals surface area contributed by atoms with Gasteiger partial charge in [-0.25, -0.2) is 0 Å². The Hall–Kier alpha value is -0.275. The third kappa shape index (κ3) is 20.6. The van der Waals surface area contributed by atoms with Crippen molar-refractivity contribution in [1.29, 1.82) is 0 Å². The third-order valence-corrected chi connectivity index (χ3v) is 11.9.